The number of fused-ring (bicyclic) bond motifs is 2. The summed E-state index contributed by atoms with van der Waals surface area (Å²) >= 11 is 5.46. The van der Waals surface area contributed by atoms with Crippen molar-refractivity contribution in [2.75, 3.05) is 11.5 Å². The molecule has 5 nitrogen and oxygen atoms in total. The number of halogens is 3. The summed E-state index contributed by atoms with van der Waals surface area (Å²) in [6.07, 6.45) is -4.32. The lowest BCUT2D eigenvalue weighted by Gasteiger charge is -2.30. The van der Waals surface area contributed by atoms with Gasteiger partial charge in [0.2, 0.25) is 0 Å². The van der Waals surface area contributed by atoms with Gasteiger partial charge in [-0.2, -0.15) is 18.4 Å². The van der Waals surface area contributed by atoms with Crippen LogP contribution in [0.25, 0.3) is 0 Å². The Balaban J connectivity index is 1.69. The summed E-state index contributed by atoms with van der Waals surface area (Å²) in [4.78, 5) is 15.9. The molecule has 2 aromatic carbocycles. The zero-order chi connectivity index (χ0) is 21.6. The van der Waals surface area contributed by atoms with Crippen LogP contribution in [0.15, 0.2) is 36.4 Å². The van der Waals surface area contributed by atoms with Gasteiger partial charge in [0.15, 0.2) is 5.11 Å². The summed E-state index contributed by atoms with van der Waals surface area (Å²) in [5.41, 5.74) is 0.355. The van der Waals surface area contributed by atoms with E-state index in [2.05, 4.69) is 0 Å². The number of rotatable bonds is 3. The molecule has 0 saturated carbocycles. The average molecular weight is 431 g/mol. The predicted molar refractivity (Wildman–Crippen MR) is 107 cm³/mol. The van der Waals surface area contributed by atoms with Crippen molar-refractivity contribution in [2.24, 2.45) is 0 Å². The largest absolute Gasteiger partial charge is 0.494 e. The average Bonchev–Trinajstić information content (AvgIpc) is 2.95. The number of nitriles is 1. The van der Waals surface area contributed by atoms with Crippen molar-refractivity contribution in [3.05, 3.63) is 58.7 Å². The molecule has 2 aromatic rings. The zero-order valence-electron chi connectivity index (χ0n) is 15.9. The molecule has 1 saturated heterocycles. The van der Waals surface area contributed by atoms with E-state index >= 15 is 0 Å². The fourth-order valence-electron chi connectivity index (χ4n) is 3.85. The quantitative estimate of drug-likeness (QED) is 0.687. The van der Waals surface area contributed by atoms with E-state index in [1.807, 2.05) is 25.1 Å². The first-order valence-corrected chi connectivity index (χ1v) is 9.66. The van der Waals surface area contributed by atoms with Crippen molar-refractivity contribution in [3.63, 3.8) is 0 Å². The third kappa shape index (κ3) is 3.27. The number of anilines is 1. The van der Waals surface area contributed by atoms with Gasteiger partial charge in [-0.1, -0.05) is 6.07 Å². The number of alkyl halides is 3. The normalized spacial score (nSPS) is 18.2. The third-order valence-electron chi connectivity index (χ3n) is 5.25. The number of benzene rings is 2. The molecule has 0 aliphatic carbocycles. The Kier molecular flexibility index (Phi) is 4.90. The van der Waals surface area contributed by atoms with Crippen LogP contribution in [0.3, 0.4) is 0 Å². The fraction of sp³-hybridized carbons (Fsp3) is 0.286. The van der Waals surface area contributed by atoms with Crippen LogP contribution in [0.2, 0.25) is 0 Å². The Morgan fingerprint density at radius 3 is 2.67 bits per heavy atom. The maximum Gasteiger partial charge on any atom is 0.417 e. The van der Waals surface area contributed by atoms with Crippen LogP contribution in [0.1, 0.15) is 29.2 Å². The molecule has 2 aliphatic heterocycles. The SMILES string of the molecule is CCOc1ccc2c(c1)CN1C(=S)N(c3ccc(C#N)c(C(F)(F)F)c3)C(=O)C1C2. The molecule has 0 bridgehead atoms. The van der Waals surface area contributed by atoms with E-state index in [1.165, 1.54) is 6.07 Å². The van der Waals surface area contributed by atoms with Gasteiger partial charge in [-0.05, 0) is 60.6 Å². The monoisotopic (exact) mass is 431 g/mol. The highest BCUT2D eigenvalue weighted by atomic mass is 32.1. The van der Waals surface area contributed by atoms with Crippen LogP contribution in [-0.2, 0) is 23.9 Å². The van der Waals surface area contributed by atoms with Crippen molar-refractivity contribution in [2.45, 2.75) is 32.1 Å². The van der Waals surface area contributed by atoms with Gasteiger partial charge in [-0.3, -0.25) is 9.69 Å². The van der Waals surface area contributed by atoms with E-state index in [0.717, 1.165) is 28.2 Å². The van der Waals surface area contributed by atoms with Crippen LogP contribution >= 0.6 is 12.2 Å². The summed E-state index contributed by atoms with van der Waals surface area (Å²) in [5, 5.41) is 9.14. The van der Waals surface area contributed by atoms with E-state index in [9.17, 15) is 18.0 Å². The van der Waals surface area contributed by atoms with Crippen molar-refractivity contribution in [1.29, 1.82) is 5.26 Å². The Morgan fingerprint density at radius 2 is 2.00 bits per heavy atom. The van der Waals surface area contributed by atoms with E-state index < -0.39 is 23.3 Å². The van der Waals surface area contributed by atoms with Gasteiger partial charge in [0.25, 0.3) is 5.91 Å². The molecular formula is C21H16F3N3O2S. The molecule has 9 heteroatoms. The molecule has 1 amide bonds. The topological polar surface area (TPSA) is 56.6 Å². The minimum atomic E-state index is -4.72. The lowest BCUT2D eigenvalue weighted by Crippen LogP contribution is -2.39. The van der Waals surface area contributed by atoms with E-state index in [-0.39, 0.29) is 16.7 Å². The molecule has 1 fully saturated rings. The van der Waals surface area contributed by atoms with E-state index in [0.29, 0.717) is 25.3 Å². The molecule has 0 N–H and O–H groups in total. The fourth-order valence-corrected chi connectivity index (χ4v) is 4.24. The Morgan fingerprint density at radius 1 is 1.23 bits per heavy atom. The maximum absolute atomic E-state index is 13.4. The molecule has 1 unspecified atom stereocenters. The van der Waals surface area contributed by atoms with Gasteiger partial charge < -0.3 is 9.64 Å². The lowest BCUT2D eigenvalue weighted by atomic mass is 9.94. The van der Waals surface area contributed by atoms with Crippen LogP contribution in [0, 0.1) is 11.3 Å². The molecule has 0 aromatic heterocycles. The zero-order valence-corrected chi connectivity index (χ0v) is 16.7. The minimum absolute atomic E-state index is 0.00443. The molecule has 2 heterocycles. The van der Waals surface area contributed by atoms with E-state index in [1.54, 1.807) is 11.0 Å². The molecule has 1 atom stereocenters. The number of amides is 1. The molecule has 0 radical (unpaired) electrons. The summed E-state index contributed by atoms with van der Waals surface area (Å²) in [5.74, 6) is 0.335. The number of thiocarbonyl (C=S) groups is 1. The molecule has 30 heavy (non-hydrogen) atoms. The van der Waals surface area contributed by atoms with Crippen LogP contribution in [0.5, 0.6) is 5.75 Å². The molecule has 154 valence electrons. The number of hydrogen-bond acceptors (Lipinski definition) is 4. The lowest BCUT2D eigenvalue weighted by molar-refractivity contribution is -0.137. The number of ether oxygens (including phenoxy) is 1. The maximum atomic E-state index is 13.4. The summed E-state index contributed by atoms with van der Waals surface area (Å²) in [7, 11) is 0. The predicted octanol–water partition coefficient (Wildman–Crippen LogP) is 4.03. The third-order valence-corrected chi connectivity index (χ3v) is 5.67. The van der Waals surface area contributed by atoms with Gasteiger partial charge in [0, 0.05) is 13.0 Å². The van der Waals surface area contributed by atoms with Crippen molar-refractivity contribution in [3.8, 4) is 11.8 Å². The molecule has 4 rings (SSSR count). The summed E-state index contributed by atoms with van der Waals surface area (Å²) in [6, 6.07) is 9.79. The van der Waals surface area contributed by atoms with Crippen molar-refractivity contribution in [1.82, 2.24) is 4.90 Å². The summed E-state index contributed by atoms with van der Waals surface area (Å²) in [6.45, 7) is 2.77. The Labute approximate surface area is 176 Å². The van der Waals surface area contributed by atoms with Crippen molar-refractivity contribution < 1.29 is 22.7 Å². The second-order valence-corrected chi connectivity index (χ2v) is 7.37. The van der Waals surface area contributed by atoms with E-state index in [4.69, 9.17) is 22.2 Å². The van der Waals surface area contributed by atoms with Gasteiger partial charge in [0.05, 0.1) is 29.5 Å². The minimum Gasteiger partial charge on any atom is -0.494 e. The first-order chi connectivity index (χ1) is 14.2. The Bertz CT molecular complexity index is 1090. The first kappa shape index (κ1) is 20.2. The van der Waals surface area contributed by atoms with Gasteiger partial charge in [-0.15, -0.1) is 0 Å². The van der Waals surface area contributed by atoms with Crippen molar-refractivity contribution >= 4 is 28.9 Å². The van der Waals surface area contributed by atoms with Gasteiger partial charge >= 0.3 is 6.18 Å². The first-order valence-electron chi connectivity index (χ1n) is 9.25. The number of carbonyl (C=O) groups excluding carboxylic acids is 1. The smallest absolute Gasteiger partial charge is 0.417 e. The number of hydrogen-bond donors (Lipinski definition) is 0. The summed E-state index contributed by atoms with van der Waals surface area (Å²) < 4.78 is 45.6. The number of carbonyl (C=O) groups is 1. The molecule has 2 aliphatic rings. The second-order valence-electron chi connectivity index (χ2n) is 7.01. The second kappa shape index (κ2) is 7.29. The van der Waals surface area contributed by atoms with Gasteiger partial charge in [-0.25, -0.2) is 0 Å². The van der Waals surface area contributed by atoms with Gasteiger partial charge in [0.1, 0.15) is 11.8 Å². The van der Waals surface area contributed by atoms with Crippen LogP contribution in [0.4, 0.5) is 18.9 Å². The highest BCUT2D eigenvalue weighted by Crippen LogP contribution is 2.38. The molecule has 0 spiro atoms. The standard InChI is InChI=1S/C21H16F3N3O2S/c1-2-29-16-6-4-12-8-18-19(28)27(20(30)26(18)11-14(12)7-16)15-5-3-13(10-25)17(9-15)21(22,23)24/h3-7,9,18H,2,8,11H2,1H3. The highest BCUT2D eigenvalue weighted by molar-refractivity contribution is 7.80. The highest BCUT2D eigenvalue weighted by Gasteiger charge is 2.46. The molecular weight excluding hydrogens is 415 g/mol. The number of nitrogens with zero attached hydrogens (tertiary/aromatic N) is 3. The van der Waals surface area contributed by atoms with Crippen LogP contribution in [-0.4, -0.2) is 28.6 Å². The Hall–Kier alpha value is -3.12. The van der Waals surface area contributed by atoms with Crippen LogP contribution < -0.4 is 9.64 Å².